The van der Waals surface area contributed by atoms with E-state index in [1.807, 2.05) is 12.1 Å². The highest BCUT2D eigenvalue weighted by Gasteiger charge is 2.28. The van der Waals surface area contributed by atoms with E-state index in [1.165, 1.54) is 10.4 Å². The standard InChI is InChI=1S/C21H26N4OS/c1-3-25-18-8-5-4-7-17(18)23-21(25)24-12-10-16(11-13-24)20(26)22-15(2)19-9-6-14-27-19/h4-9,14-16H,3,10-13H2,1-2H3,(H,22,26)/t15-/m1/s1. The number of rotatable bonds is 5. The van der Waals surface area contributed by atoms with Gasteiger partial charge in [0.05, 0.1) is 17.1 Å². The highest BCUT2D eigenvalue weighted by atomic mass is 32.1. The maximum Gasteiger partial charge on any atom is 0.223 e. The van der Waals surface area contributed by atoms with E-state index in [0.29, 0.717) is 0 Å². The van der Waals surface area contributed by atoms with Crippen LogP contribution in [-0.2, 0) is 11.3 Å². The van der Waals surface area contributed by atoms with Crippen LogP contribution in [0.5, 0.6) is 0 Å². The molecule has 1 N–H and O–H groups in total. The minimum absolute atomic E-state index is 0.0832. The Bertz CT molecular complexity index is 910. The molecule has 27 heavy (non-hydrogen) atoms. The van der Waals surface area contributed by atoms with Crippen molar-refractivity contribution in [2.45, 2.75) is 39.3 Å². The van der Waals surface area contributed by atoms with Crippen LogP contribution in [0, 0.1) is 5.92 Å². The van der Waals surface area contributed by atoms with Gasteiger partial charge in [0, 0.05) is 30.4 Å². The summed E-state index contributed by atoms with van der Waals surface area (Å²) in [5, 5.41) is 5.23. The number of nitrogens with zero attached hydrogens (tertiary/aromatic N) is 3. The number of aryl methyl sites for hydroxylation is 1. The number of fused-ring (bicyclic) bond motifs is 1. The van der Waals surface area contributed by atoms with Crippen LogP contribution in [0.15, 0.2) is 41.8 Å². The molecule has 4 rings (SSSR count). The van der Waals surface area contributed by atoms with Gasteiger partial charge in [-0.25, -0.2) is 4.98 Å². The molecule has 0 spiro atoms. The number of carbonyl (C=O) groups is 1. The molecular weight excluding hydrogens is 356 g/mol. The number of benzene rings is 1. The Balaban J connectivity index is 1.41. The topological polar surface area (TPSA) is 50.2 Å². The van der Waals surface area contributed by atoms with Crippen molar-refractivity contribution < 1.29 is 4.79 Å². The lowest BCUT2D eigenvalue weighted by Crippen LogP contribution is -2.42. The number of thiophene rings is 1. The molecule has 6 heteroatoms. The van der Waals surface area contributed by atoms with Crippen LogP contribution >= 0.6 is 11.3 Å². The van der Waals surface area contributed by atoms with Crippen molar-refractivity contribution in [1.82, 2.24) is 14.9 Å². The second-order valence-electron chi connectivity index (χ2n) is 7.15. The van der Waals surface area contributed by atoms with Gasteiger partial charge in [0.25, 0.3) is 0 Å². The first-order valence-electron chi connectivity index (χ1n) is 9.71. The first-order chi connectivity index (χ1) is 13.2. The predicted octanol–water partition coefficient (Wildman–Crippen LogP) is 4.21. The minimum atomic E-state index is 0.0832. The molecule has 1 amide bonds. The Morgan fingerprint density at radius 2 is 2.04 bits per heavy atom. The maximum atomic E-state index is 12.7. The lowest BCUT2D eigenvalue weighted by atomic mass is 9.95. The second kappa shape index (κ2) is 7.72. The second-order valence-corrected chi connectivity index (χ2v) is 8.13. The smallest absolute Gasteiger partial charge is 0.223 e. The van der Waals surface area contributed by atoms with E-state index in [4.69, 9.17) is 4.98 Å². The molecule has 0 aliphatic carbocycles. The molecule has 2 aromatic heterocycles. The molecular formula is C21H26N4OS. The van der Waals surface area contributed by atoms with Crippen LogP contribution in [0.25, 0.3) is 11.0 Å². The quantitative estimate of drug-likeness (QED) is 0.719. The van der Waals surface area contributed by atoms with Crippen molar-refractivity contribution >= 4 is 34.2 Å². The first-order valence-corrected chi connectivity index (χ1v) is 10.6. The van der Waals surface area contributed by atoms with Crippen LogP contribution in [0.1, 0.15) is 37.6 Å². The molecule has 1 saturated heterocycles. The molecule has 1 aliphatic rings. The average molecular weight is 383 g/mol. The van der Waals surface area contributed by atoms with Gasteiger partial charge >= 0.3 is 0 Å². The summed E-state index contributed by atoms with van der Waals surface area (Å²) in [6.07, 6.45) is 1.74. The van der Waals surface area contributed by atoms with E-state index in [1.54, 1.807) is 11.3 Å². The summed E-state index contributed by atoms with van der Waals surface area (Å²) in [5.41, 5.74) is 2.22. The average Bonchev–Trinajstić information content (AvgIpc) is 3.35. The van der Waals surface area contributed by atoms with Crippen molar-refractivity contribution in [2.75, 3.05) is 18.0 Å². The van der Waals surface area contributed by atoms with Gasteiger partial charge < -0.3 is 14.8 Å². The molecule has 3 heterocycles. The predicted molar refractivity (Wildman–Crippen MR) is 111 cm³/mol. The number of hydrogen-bond donors (Lipinski definition) is 1. The van der Waals surface area contributed by atoms with Crippen LogP contribution in [0.2, 0.25) is 0 Å². The number of amides is 1. The van der Waals surface area contributed by atoms with Gasteiger partial charge in [-0.1, -0.05) is 18.2 Å². The Morgan fingerprint density at radius 3 is 2.74 bits per heavy atom. The molecule has 1 aliphatic heterocycles. The fraction of sp³-hybridized carbons (Fsp3) is 0.429. The van der Waals surface area contributed by atoms with E-state index < -0.39 is 0 Å². The molecule has 1 atom stereocenters. The van der Waals surface area contributed by atoms with Crippen LogP contribution < -0.4 is 10.2 Å². The third kappa shape index (κ3) is 3.58. The molecule has 0 radical (unpaired) electrons. The molecule has 0 saturated carbocycles. The fourth-order valence-corrected chi connectivity index (χ4v) is 4.63. The monoisotopic (exact) mass is 382 g/mol. The van der Waals surface area contributed by atoms with E-state index in [2.05, 4.69) is 58.3 Å². The highest BCUT2D eigenvalue weighted by molar-refractivity contribution is 7.10. The fourth-order valence-electron chi connectivity index (χ4n) is 3.90. The number of hydrogen-bond acceptors (Lipinski definition) is 4. The number of para-hydroxylation sites is 2. The van der Waals surface area contributed by atoms with Gasteiger partial charge in [0.15, 0.2) is 0 Å². The van der Waals surface area contributed by atoms with Crippen LogP contribution in [-0.4, -0.2) is 28.5 Å². The van der Waals surface area contributed by atoms with Crippen molar-refractivity contribution in [2.24, 2.45) is 5.92 Å². The summed E-state index contributed by atoms with van der Waals surface area (Å²) in [6, 6.07) is 12.5. The Morgan fingerprint density at radius 1 is 1.26 bits per heavy atom. The summed E-state index contributed by atoms with van der Waals surface area (Å²) in [6.45, 7) is 6.85. The Kier molecular flexibility index (Phi) is 5.16. The molecule has 1 fully saturated rings. The highest BCUT2D eigenvalue weighted by Crippen LogP contribution is 2.27. The first kappa shape index (κ1) is 18.0. The SMILES string of the molecule is CCn1c(N2CCC(C(=O)N[C@H](C)c3cccs3)CC2)nc2ccccc21. The summed E-state index contributed by atoms with van der Waals surface area (Å²) in [5.74, 6) is 1.30. The van der Waals surface area contributed by atoms with Gasteiger partial charge in [-0.3, -0.25) is 4.79 Å². The van der Waals surface area contributed by atoms with E-state index in [9.17, 15) is 4.79 Å². The maximum absolute atomic E-state index is 12.7. The van der Waals surface area contributed by atoms with E-state index in [0.717, 1.165) is 43.9 Å². The number of piperidine rings is 1. The molecule has 0 unspecified atom stereocenters. The summed E-state index contributed by atoms with van der Waals surface area (Å²) >= 11 is 1.69. The van der Waals surface area contributed by atoms with Crippen molar-refractivity contribution in [1.29, 1.82) is 0 Å². The van der Waals surface area contributed by atoms with E-state index in [-0.39, 0.29) is 17.9 Å². The lowest BCUT2D eigenvalue weighted by Gasteiger charge is -2.32. The van der Waals surface area contributed by atoms with E-state index >= 15 is 0 Å². The molecule has 5 nitrogen and oxygen atoms in total. The van der Waals surface area contributed by atoms with Gasteiger partial charge in [0.2, 0.25) is 11.9 Å². The molecule has 142 valence electrons. The van der Waals surface area contributed by atoms with Gasteiger partial charge in [-0.2, -0.15) is 0 Å². The minimum Gasteiger partial charge on any atom is -0.349 e. The van der Waals surface area contributed by atoms with Crippen molar-refractivity contribution in [3.8, 4) is 0 Å². The summed E-state index contributed by atoms with van der Waals surface area (Å²) < 4.78 is 2.27. The number of nitrogens with one attached hydrogen (secondary N) is 1. The zero-order valence-electron chi connectivity index (χ0n) is 15.9. The van der Waals surface area contributed by atoms with Gasteiger partial charge in [0.1, 0.15) is 0 Å². The zero-order chi connectivity index (χ0) is 18.8. The van der Waals surface area contributed by atoms with Gasteiger partial charge in [-0.05, 0) is 50.3 Å². The molecule has 3 aromatic rings. The van der Waals surface area contributed by atoms with Crippen LogP contribution in [0.4, 0.5) is 5.95 Å². The third-order valence-electron chi connectivity index (χ3n) is 5.43. The van der Waals surface area contributed by atoms with Crippen molar-refractivity contribution in [3.63, 3.8) is 0 Å². The molecule has 1 aromatic carbocycles. The number of aromatic nitrogens is 2. The number of carbonyl (C=O) groups excluding carboxylic acids is 1. The lowest BCUT2D eigenvalue weighted by molar-refractivity contribution is -0.126. The number of anilines is 1. The zero-order valence-corrected chi connectivity index (χ0v) is 16.7. The third-order valence-corrected chi connectivity index (χ3v) is 6.48. The van der Waals surface area contributed by atoms with Crippen molar-refractivity contribution in [3.05, 3.63) is 46.7 Å². The van der Waals surface area contributed by atoms with Crippen LogP contribution in [0.3, 0.4) is 0 Å². The largest absolute Gasteiger partial charge is 0.349 e. The Labute approximate surface area is 164 Å². The number of imidazole rings is 1. The summed E-state index contributed by atoms with van der Waals surface area (Å²) in [7, 11) is 0. The summed E-state index contributed by atoms with van der Waals surface area (Å²) in [4.78, 5) is 21.0. The Hall–Kier alpha value is -2.34. The molecule has 0 bridgehead atoms. The van der Waals surface area contributed by atoms with Gasteiger partial charge in [-0.15, -0.1) is 11.3 Å². The normalized spacial score (nSPS) is 16.6.